The molecule has 1 aromatic heterocycles. The lowest BCUT2D eigenvalue weighted by molar-refractivity contribution is 0.0951. The number of hydrogen-bond acceptors (Lipinski definition) is 4. The van der Waals surface area contributed by atoms with Gasteiger partial charge in [-0.1, -0.05) is 11.6 Å². The summed E-state index contributed by atoms with van der Waals surface area (Å²) in [6.07, 6.45) is 0.714. The number of halogens is 1. The normalized spacial score (nSPS) is 10.3. The van der Waals surface area contributed by atoms with Gasteiger partial charge in [0.2, 0.25) is 0 Å². The van der Waals surface area contributed by atoms with Crippen LogP contribution in [0.2, 0.25) is 5.02 Å². The Bertz CT molecular complexity index is 613. The maximum absolute atomic E-state index is 12.1. The number of carbonyl (C=O) groups excluding carboxylic acids is 1. The zero-order valence-electron chi connectivity index (χ0n) is 11.3. The highest BCUT2D eigenvalue weighted by Gasteiger charge is 2.12. The molecule has 1 heterocycles. The highest BCUT2D eigenvalue weighted by atomic mass is 35.5. The summed E-state index contributed by atoms with van der Waals surface area (Å²) in [7, 11) is 1.51. The maximum Gasteiger partial charge on any atom is 0.255 e. The molecular weight excluding hydrogens is 296 g/mol. The van der Waals surface area contributed by atoms with Crippen LogP contribution in [0.3, 0.4) is 0 Å². The molecule has 4 nitrogen and oxygen atoms in total. The number of nitrogens with one attached hydrogen (secondary N) is 1. The van der Waals surface area contributed by atoms with E-state index in [0.717, 1.165) is 10.7 Å². The monoisotopic (exact) mass is 310 g/mol. The molecule has 6 heteroatoms. The molecule has 20 heavy (non-hydrogen) atoms. The number of aromatic nitrogens is 1. The lowest BCUT2D eigenvalue weighted by Gasteiger charge is -2.09. The molecule has 0 unspecified atom stereocenters. The Labute approximate surface area is 126 Å². The number of nitrogens with zero attached hydrogens (tertiary/aromatic N) is 1. The summed E-state index contributed by atoms with van der Waals surface area (Å²) < 4.78 is 5.16. The summed E-state index contributed by atoms with van der Waals surface area (Å²) >= 11 is 7.48. The SMILES string of the molecule is COc1cc(Cl)ccc1C(=O)NCCc1csc(C)n1. The number of amides is 1. The molecule has 2 rings (SSSR count). The number of hydrogen-bond donors (Lipinski definition) is 1. The van der Waals surface area contributed by atoms with Crippen molar-refractivity contribution in [3.8, 4) is 5.75 Å². The van der Waals surface area contributed by atoms with Gasteiger partial charge in [0.15, 0.2) is 0 Å². The molecule has 0 aliphatic rings. The third-order valence-corrected chi connectivity index (χ3v) is 3.80. The Balaban J connectivity index is 1.95. The minimum absolute atomic E-state index is 0.175. The van der Waals surface area contributed by atoms with E-state index < -0.39 is 0 Å². The zero-order chi connectivity index (χ0) is 14.5. The van der Waals surface area contributed by atoms with E-state index in [1.807, 2.05) is 12.3 Å². The first-order valence-electron chi connectivity index (χ1n) is 6.13. The summed E-state index contributed by atoms with van der Waals surface area (Å²) in [5.41, 5.74) is 1.47. The first-order chi connectivity index (χ1) is 9.60. The van der Waals surface area contributed by atoms with Gasteiger partial charge >= 0.3 is 0 Å². The molecule has 2 aromatic rings. The van der Waals surface area contributed by atoms with Crippen LogP contribution in [0.1, 0.15) is 21.1 Å². The Morgan fingerprint density at radius 2 is 2.30 bits per heavy atom. The van der Waals surface area contributed by atoms with Crippen LogP contribution in [-0.4, -0.2) is 24.5 Å². The van der Waals surface area contributed by atoms with Crippen LogP contribution in [-0.2, 0) is 6.42 Å². The van der Waals surface area contributed by atoms with Crippen molar-refractivity contribution in [2.24, 2.45) is 0 Å². The standard InChI is InChI=1S/C14H15ClN2O2S/c1-9-17-11(8-20-9)5-6-16-14(18)12-4-3-10(15)7-13(12)19-2/h3-4,7-8H,5-6H2,1-2H3,(H,16,18). The molecule has 0 aliphatic heterocycles. The number of benzene rings is 1. The lowest BCUT2D eigenvalue weighted by Crippen LogP contribution is -2.26. The van der Waals surface area contributed by atoms with Gasteiger partial charge in [-0.3, -0.25) is 4.79 Å². The molecule has 106 valence electrons. The molecule has 0 saturated carbocycles. The average molecular weight is 311 g/mol. The van der Waals surface area contributed by atoms with Crippen LogP contribution in [0.25, 0.3) is 0 Å². The fourth-order valence-corrected chi connectivity index (χ4v) is 2.58. The highest BCUT2D eigenvalue weighted by molar-refractivity contribution is 7.09. The van der Waals surface area contributed by atoms with Crippen LogP contribution < -0.4 is 10.1 Å². The Hall–Kier alpha value is -1.59. The van der Waals surface area contributed by atoms with E-state index in [-0.39, 0.29) is 5.91 Å². The number of carbonyl (C=O) groups is 1. The van der Waals surface area contributed by atoms with Gasteiger partial charge in [0.05, 0.1) is 23.4 Å². The van der Waals surface area contributed by atoms with Crippen molar-refractivity contribution in [3.05, 3.63) is 44.9 Å². The number of methoxy groups -OCH3 is 1. The molecule has 0 fully saturated rings. The number of ether oxygens (including phenoxy) is 1. The van der Waals surface area contributed by atoms with Gasteiger partial charge in [-0.2, -0.15) is 0 Å². The van der Waals surface area contributed by atoms with Crippen molar-refractivity contribution in [2.45, 2.75) is 13.3 Å². The first kappa shape index (κ1) is 14.8. The van der Waals surface area contributed by atoms with Gasteiger partial charge in [0, 0.05) is 23.4 Å². The quantitative estimate of drug-likeness (QED) is 0.923. The fourth-order valence-electron chi connectivity index (χ4n) is 1.78. The molecule has 0 radical (unpaired) electrons. The predicted molar refractivity (Wildman–Crippen MR) is 80.9 cm³/mol. The molecule has 1 amide bonds. The Morgan fingerprint density at radius 1 is 1.50 bits per heavy atom. The second-order valence-electron chi connectivity index (χ2n) is 4.21. The topological polar surface area (TPSA) is 51.2 Å². The molecule has 1 aromatic carbocycles. The molecular formula is C14H15ClN2O2S. The van der Waals surface area contributed by atoms with E-state index in [2.05, 4.69) is 10.3 Å². The molecule has 0 atom stereocenters. The summed E-state index contributed by atoms with van der Waals surface area (Å²) in [4.78, 5) is 16.4. The van der Waals surface area contributed by atoms with Crippen LogP contribution in [0, 0.1) is 6.92 Å². The second-order valence-corrected chi connectivity index (χ2v) is 5.71. The molecule has 1 N–H and O–H groups in total. The van der Waals surface area contributed by atoms with Gasteiger partial charge in [-0.25, -0.2) is 4.98 Å². The van der Waals surface area contributed by atoms with Gasteiger partial charge < -0.3 is 10.1 Å². The minimum Gasteiger partial charge on any atom is -0.496 e. The Kier molecular flexibility index (Phi) is 4.98. The number of thiazole rings is 1. The summed E-state index contributed by atoms with van der Waals surface area (Å²) in [6.45, 7) is 2.50. The zero-order valence-corrected chi connectivity index (χ0v) is 12.8. The van der Waals surface area contributed by atoms with Crippen LogP contribution in [0.4, 0.5) is 0 Å². The third kappa shape index (κ3) is 3.71. The van der Waals surface area contributed by atoms with E-state index in [0.29, 0.717) is 29.3 Å². The van der Waals surface area contributed by atoms with Crippen molar-refractivity contribution in [1.82, 2.24) is 10.3 Å². The predicted octanol–water partition coefficient (Wildman–Crippen LogP) is 3.09. The molecule has 0 saturated heterocycles. The second kappa shape index (κ2) is 6.72. The summed E-state index contributed by atoms with van der Waals surface area (Å²) in [5.74, 6) is 0.296. The van der Waals surface area contributed by atoms with E-state index >= 15 is 0 Å². The third-order valence-electron chi connectivity index (χ3n) is 2.74. The van der Waals surface area contributed by atoms with Gasteiger partial charge in [0.1, 0.15) is 5.75 Å². The van der Waals surface area contributed by atoms with Gasteiger partial charge in [-0.05, 0) is 25.1 Å². The average Bonchev–Trinajstić information content (AvgIpc) is 2.84. The smallest absolute Gasteiger partial charge is 0.255 e. The molecule has 0 aliphatic carbocycles. The minimum atomic E-state index is -0.175. The number of rotatable bonds is 5. The van der Waals surface area contributed by atoms with Crippen molar-refractivity contribution in [3.63, 3.8) is 0 Å². The van der Waals surface area contributed by atoms with Crippen LogP contribution in [0.15, 0.2) is 23.6 Å². The molecule has 0 bridgehead atoms. The van der Waals surface area contributed by atoms with E-state index in [4.69, 9.17) is 16.3 Å². The first-order valence-corrected chi connectivity index (χ1v) is 7.38. The number of aryl methyl sites for hydroxylation is 1. The van der Waals surface area contributed by atoms with Crippen molar-refractivity contribution in [1.29, 1.82) is 0 Å². The van der Waals surface area contributed by atoms with Crippen LogP contribution in [0.5, 0.6) is 5.75 Å². The van der Waals surface area contributed by atoms with E-state index in [1.165, 1.54) is 7.11 Å². The van der Waals surface area contributed by atoms with Crippen molar-refractivity contribution >= 4 is 28.8 Å². The van der Waals surface area contributed by atoms with Gasteiger partial charge in [-0.15, -0.1) is 11.3 Å². The molecule has 0 spiro atoms. The summed E-state index contributed by atoms with van der Waals surface area (Å²) in [6, 6.07) is 4.95. The Morgan fingerprint density at radius 3 is 2.95 bits per heavy atom. The summed E-state index contributed by atoms with van der Waals surface area (Å²) in [5, 5.41) is 6.43. The largest absolute Gasteiger partial charge is 0.496 e. The van der Waals surface area contributed by atoms with Gasteiger partial charge in [0.25, 0.3) is 5.91 Å². The fraction of sp³-hybridized carbons (Fsp3) is 0.286. The van der Waals surface area contributed by atoms with E-state index in [9.17, 15) is 4.79 Å². The van der Waals surface area contributed by atoms with Crippen molar-refractivity contribution in [2.75, 3.05) is 13.7 Å². The maximum atomic E-state index is 12.1. The highest BCUT2D eigenvalue weighted by Crippen LogP contribution is 2.22. The van der Waals surface area contributed by atoms with Crippen molar-refractivity contribution < 1.29 is 9.53 Å². The van der Waals surface area contributed by atoms with Crippen LogP contribution >= 0.6 is 22.9 Å². The van der Waals surface area contributed by atoms with E-state index in [1.54, 1.807) is 29.5 Å². The lowest BCUT2D eigenvalue weighted by atomic mass is 10.2.